The summed E-state index contributed by atoms with van der Waals surface area (Å²) >= 11 is 0.849. The van der Waals surface area contributed by atoms with Crippen molar-refractivity contribution in [3.8, 4) is 0 Å². The molecule has 0 aromatic carbocycles. The van der Waals surface area contributed by atoms with Gasteiger partial charge in [0.15, 0.2) is 0 Å². The van der Waals surface area contributed by atoms with E-state index in [1.807, 2.05) is 0 Å². The number of rotatable bonds is 2. The summed E-state index contributed by atoms with van der Waals surface area (Å²) in [6.45, 7) is 32.9. The normalized spacial score (nSPS) is 17.7. The predicted molar refractivity (Wildman–Crippen MR) is 166 cm³/mol. The van der Waals surface area contributed by atoms with E-state index in [9.17, 15) is 25.2 Å². The van der Waals surface area contributed by atoms with Gasteiger partial charge >= 0.3 is 252 Å². The fraction of sp³-hybridized carbons (Fsp3) is 0.581. The first-order chi connectivity index (χ1) is 17.1. The molecule has 0 saturated carbocycles. The minimum atomic E-state index is -10.7. The van der Waals surface area contributed by atoms with Crippen molar-refractivity contribution in [3.63, 3.8) is 0 Å². The third-order valence-corrected chi connectivity index (χ3v) is 13.9. The molecule has 0 aliphatic carbocycles. The zero-order valence-electron chi connectivity index (χ0n) is 26.4. The first-order valence-corrected chi connectivity index (χ1v) is 18.7. The average molecular weight is 723 g/mol. The summed E-state index contributed by atoms with van der Waals surface area (Å²) < 4.78 is 65.6. The molecule has 1 aromatic heterocycles. The molecule has 0 nitrogen and oxygen atoms in total. The Kier molecular flexibility index (Phi) is 10.4. The summed E-state index contributed by atoms with van der Waals surface area (Å²) in [5, 5.41) is 0. The number of hydrogen-bond donors (Lipinski definition) is 0. The Morgan fingerprint density at radius 1 is 0.650 bits per heavy atom. The molecule has 1 aromatic rings. The van der Waals surface area contributed by atoms with E-state index in [-0.39, 0.29) is 21.7 Å². The zero-order chi connectivity index (χ0) is 32.0. The minimum absolute atomic E-state index is 0.212. The van der Waals surface area contributed by atoms with Crippen LogP contribution in [0.4, 0.5) is 25.2 Å². The quantitative estimate of drug-likeness (QED) is 0.162. The van der Waals surface area contributed by atoms with E-state index in [4.69, 9.17) is 0 Å². The Morgan fingerprint density at radius 3 is 1.25 bits per heavy atom. The van der Waals surface area contributed by atoms with Crippen molar-refractivity contribution in [1.29, 1.82) is 0 Å². The molecule has 1 aliphatic rings. The van der Waals surface area contributed by atoms with Gasteiger partial charge in [0.1, 0.15) is 0 Å². The first kappa shape index (κ1) is 37.4. The Bertz CT molecular complexity index is 1160. The van der Waals surface area contributed by atoms with Crippen LogP contribution in [-0.2, 0) is 10.8 Å². The molecule has 0 amide bonds. The van der Waals surface area contributed by atoms with Crippen LogP contribution in [0.5, 0.6) is 0 Å². The third-order valence-electron chi connectivity index (χ3n) is 5.89. The molecule has 1 aliphatic heterocycles. The van der Waals surface area contributed by atoms with Crippen LogP contribution in [0.25, 0.3) is 5.57 Å². The van der Waals surface area contributed by atoms with E-state index in [1.165, 1.54) is 22.3 Å². The Labute approximate surface area is 250 Å². The molecule has 0 saturated heterocycles. The number of allylic oxidation sites excluding steroid dienone is 8. The predicted octanol–water partition coefficient (Wildman–Crippen LogP) is 12.3. The van der Waals surface area contributed by atoms with Crippen LogP contribution in [0, 0.1) is 10.8 Å². The van der Waals surface area contributed by atoms with E-state index in [0.717, 1.165) is 0 Å². The SMILES string of the molecule is CC(/C=C(\C)c1cc(C(C)(C)C)[se+]c(C(C)(C)C)c1)=C1C=C(C(C)(C)C)[Se]C(C(C)(C)C)=C1.F[P-](F)(F)(F)(F)F. The second-order valence-electron chi connectivity index (χ2n) is 14.6. The van der Waals surface area contributed by atoms with Gasteiger partial charge in [0.05, 0.1) is 0 Å². The van der Waals surface area contributed by atoms with Crippen molar-refractivity contribution >= 4 is 42.8 Å². The molecule has 9 heteroatoms. The van der Waals surface area contributed by atoms with Crippen LogP contribution < -0.4 is 0 Å². The van der Waals surface area contributed by atoms with Gasteiger partial charge in [-0.1, -0.05) is 0 Å². The average Bonchev–Trinajstić information content (AvgIpc) is 2.68. The third kappa shape index (κ3) is 14.0. The van der Waals surface area contributed by atoms with Crippen LogP contribution >= 0.6 is 7.81 Å². The molecule has 0 atom stereocenters. The maximum atomic E-state index is 9.87. The van der Waals surface area contributed by atoms with Gasteiger partial charge < -0.3 is 0 Å². The zero-order valence-corrected chi connectivity index (χ0v) is 30.7. The fourth-order valence-corrected chi connectivity index (χ4v) is 8.55. The Morgan fingerprint density at radius 2 is 0.975 bits per heavy atom. The molecule has 2 rings (SSSR count). The molecule has 40 heavy (non-hydrogen) atoms. The van der Waals surface area contributed by atoms with Crippen molar-refractivity contribution in [2.45, 2.75) is 108 Å². The molecule has 0 radical (unpaired) electrons. The van der Waals surface area contributed by atoms with Crippen molar-refractivity contribution in [1.82, 2.24) is 0 Å². The van der Waals surface area contributed by atoms with Gasteiger partial charge in [-0.15, -0.1) is 0 Å². The van der Waals surface area contributed by atoms with Gasteiger partial charge in [-0.05, 0) is 0 Å². The van der Waals surface area contributed by atoms with Gasteiger partial charge in [0.25, 0.3) is 0 Å². The monoisotopic (exact) mass is 724 g/mol. The van der Waals surface area contributed by atoms with Gasteiger partial charge in [-0.2, -0.15) is 0 Å². The second-order valence-corrected chi connectivity index (χ2v) is 21.1. The van der Waals surface area contributed by atoms with Crippen LogP contribution in [-0.4, -0.2) is 29.5 Å². The van der Waals surface area contributed by atoms with Crippen LogP contribution in [0.3, 0.4) is 0 Å². The van der Waals surface area contributed by atoms with E-state index in [1.54, 1.807) is 17.8 Å². The standard InChI is InChI=1S/C31H47Se2.F6P/c1-20(22-16-24(28(3,4)5)32-25(17-22)29(6,7)8)15-21(2)23-18-26(30(9,10)11)33-27(19-23)31(12,13)14;1-7(2,3,4,5)6/h15-19H,1-14H3;/q+1;-1. The van der Waals surface area contributed by atoms with Gasteiger partial charge in [0, 0.05) is 0 Å². The van der Waals surface area contributed by atoms with Gasteiger partial charge in [-0.3, -0.25) is 0 Å². The summed E-state index contributed by atoms with van der Waals surface area (Å²) in [6.07, 6.45) is 7.38. The molecule has 0 spiro atoms. The number of halogens is 6. The van der Waals surface area contributed by atoms with E-state index >= 15 is 0 Å². The van der Waals surface area contributed by atoms with Crippen LogP contribution in [0.15, 0.2) is 50.5 Å². The molecule has 0 fully saturated rings. The van der Waals surface area contributed by atoms with E-state index < -0.39 is 7.81 Å². The Hall–Kier alpha value is -0.641. The Balaban J connectivity index is 0.00000101. The topological polar surface area (TPSA) is 0 Å². The molecular weight excluding hydrogens is 675 g/mol. The summed E-state index contributed by atoms with van der Waals surface area (Å²) in [5.41, 5.74) is 6.36. The summed E-state index contributed by atoms with van der Waals surface area (Å²) in [7, 11) is -10.7. The van der Waals surface area contributed by atoms with Gasteiger partial charge in [0.2, 0.25) is 0 Å². The van der Waals surface area contributed by atoms with E-state index in [0.29, 0.717) is 29.5 Å². The van der Waals surface area contributed by atoms with Crippen molar-refractivity contribution < 1.29 is 25.2 Å². The molecule has 0 bridgehead atoms. The van der Waals surface area contributed by atoms with E-state index in [2.05, 4.69) is 127 Å². The molecular formula is C31H47F6PSe2. The van der Waals surface area contributed by atoms with Crippen LogP contribution in [0.1, 0.15) is 111 Å². The second kappa shape index (κ2) is 11.1. The van der Waals surface area contributed by atoms with Crippen molar-refractivity contribution in [2.75, 3.05) is 0 Å². The van der Waals surface area contributed by atoms with Gasteiger partial charge in [-0.25, -0.2) is 0 Å². The summed E-state index contributed by atoms with van der Waals surface area (Å²) in [4.78, 5) is 0. The maximum absolute atomic E-state index is 10.7. The van der Waals surface area contributed by atoms with Crippen molar-refractivity contribution in [3.05, 3.63) is 64.9 Å². The number of hydrogen-bond acceptors (Lipinski definition) is 0. The molecule has 230 valence electrons. The van der Waals surface area contributed by atoms with Crippen LogP contribution in [0.2, 0.25) is 0 Å². The molecule has 0 N–H and O–H groups in total. The first-order valence-electron chi connectivity index (χ1n) is 13.2. The summed E-state index contributed by atoms with van der Waals surface area (Å²) in [5.74, 6) is 0. The molecule has 2 heterocycles. The summed E-state index contributed by atoms with van der Waals surface area (Å²) in [6, 6.07) is 4.96. The molecule has 0 unspecified atom stereocenters. The van der Waals surface area contributed by atoms with Crippen molar-refractivity contribution in [2.24, 2.45) is 10.8 Å². The fourth-order valence-electron chi connectivity index (χ4n) is 3.43.